The predicted molar refractivity (Wildman–Crippen MR) is 65.1 cm³/mol. The lowest BCUT2D eigenvalue weighted by Gasteiger charge is -2.15. The molecular formula is C14H7F6NO. The van der Waals surface area contributed by atoms with Crippen molar-refractivity contribution in [2.75, 3.05) is 0 Å². The summed E-state index contributed by atoms with van der Waals surface area (Å²) < 4.78 is 76.8. The molecule has 0 aliphatic carbocycles. The number of carbonyl (C=O) groups is 1. The van der Waals surface area contributed by atoms with Crippen molar-refractivity contribution < 1.29 is 31.1 Å². The molecule has 0 N–H and O–H groups in total. The third kappa shape index (κ3) is 3.26. The molecule has 0 radical (unpaired) electrons. The first kappa shape index (κ1) is 16.0. The predicted octanol–water partition coefficient (Wildman–Crippen LogP) is 4.60. The van der Waals surface area contributed by atoms with E-state index < -0.39 is 29.0 Å². The number of nitrogens with zero attached hydrogens (tertiary/aromatic N) is 1. The van der Waals surface area contributed by atoms with Crippen LogP contribution in [-0.2, 0) is 12.4 Å². The largest absolute Gasteiger partial charge is 0.417 e. The molecule has 2 aromatic rings. The number of carbonyl (C=O) groups excluding carboxylic acids is 1. The molecule has 0 saturated carbocycles. The van der Waals surface area contributed by atoms with Crippen molar-refractivity contribution in [2.24, 2.45) is 0 Å². The maximum absolute atomic E-state index is 13.0. The van der Waals surface area contributed by atoms with Crippen LogP contribution in [0.5, 0.6) is 0 Å². The van der Waals surface area contributed by atoms with E-state index in [-0.39, 0.29) is 17.5 Å². The lowest BCUT2D eigenvalue weighted by Crippen LogP contribution is -2.12. The van der Waals surface area contributed by atoms with Crippen LogP contribution >= 0.6 is 0 Å². The first-order valence-corrected chi connectivity index (χ1v) is 5.84. The van der Waals surface area contributed by atoms with Gasteiger partial charge in [-0.1, -0.05) is 12.1 Å². The first-order chi connectivity index (χ1) is 10.1. The molecule has 8 heteroatoms. The molecule has 0 fully saturated rings. The highest BCUT2D eigenvalue weighted by atomic mass is 19.4. The molecule has 2 nitrogen and oxygen atoms in total. The van der Waals surface area contributed by atoms with Gasteiger partial charge in [0.05, 0.1) is 16.8 Å². The third-order valence-corrected chi connectivity index (χ3v) is 2.82. The molecule has 0 amide bonds. The highest BCUT2D eigenvalue weighted by Gasteiger charge is 2.38. The van der Waals surface area contributed by atoms with Gasteiger partial charge in [-0.3, -0.25) is 4.79 Å². The summed E-state index contributed by atoms with van der Waals surface area (Å²) in [6.07, 6.45) is -9.55. The summed E-state index contributed by atoms with van der Waals surface area (Å²) in [5.41, 5.74) is -3.74. The van der Waals surface area contributed by atoms with Crippen molar-refractivity contribution in [3.8, 4) is 11.3 Å². The highest BCUT2D eigenvalue weighted by molar-refractivity contribution is 5.74. The maximum atomic E-state index is 13.0. The molecule has 0 unspecified atom stereocenters. The molecule has 2 rings (SSSR count). The third-order valence-electron chi connectivity index (χ3n) is 2.82. The van der Waals surface area contributed by atoms with Crippen molar-refractivity contribution in [2.45, 2.75) is 12.4 Å². The normalized spacial score (nSPS) is 12.3. The second-order valence-electron chi connectivity index (χ2n) is 4.32. The zero-order valence-corrected chi connectivity index (χ0v) is 10.7. The zero-order valence-electron chi connectivity index (χ0n) is 10.7. The summed E-state index contributed by atoms with van der Waals surface area (Å²) in [6.45, 7) is 0. The van der Waals surface area contributed by atoms with Gasteiger partial charge in [-0.2, -0.15) is 26.3 Å². The molecule has 0 atom stereocenters. The van der Waals surface area contributed by atoms with Gasteiger partial charge in [-0.05, 0) is 24.3 Å². The Bertz CT molecular complexity index is 705. The van der Waals surface area contributed by atoms with Gasteiger partial charge >= 0.3 is 12.4 Å². The van der Waals surface area contributed by atoms with Crippen LogP contribution in [0.3, 0.4) is 0 Å². The van der Waals surface area contributed by atoms with Crippen molar-refractivity contribution in [3.05, 3.63) is 53.2 Å². The number of aromatic nitrogens is 1. The van der Waals surface area contributed by atoms with E-state index >= 15 is 0 Å². The molecule has 1 aromatic carbocycles. The van der Waals surface area contributed by atoms with Crippen LogP contribution in [0.25, 0.3) is 11.3 Å². The minimum absolute atomic E-state index is 0.0323. The summed E-state index contributed by atoms with van der Waals surface area (Å²) in [7, 11) is 0. The van der Waals surface area contributed by atoms with Crippen molar-refractivity contribution in [1.29, 1.82) is 0 Å². The highest BCUT2D eigenvalue weighted by Crippen LogP contribution is 2.40. The minimum atomic E-state index is -4.99. The van der Waals surface area contributed by atoms with E-state index in [2.05, 4.69) is 4.98 Å². The van der Waals surface area contributed by atoms with E-state index in [9.17, 15) is 31.1 Å². The number of hydrogen-bond donors (Lipinski definition) is 0. The SMILES string of the molecule is O=Cc1cccc(-c2ccc(C(F)(F)F)cc2C(F)(F)F)n1. The van der Waals surface area contributed by atoms with Crippen LogP contribution in [0.15, 0.2) is 36.4 Å². The Labute approximate surface area is 120 Å². The van der Waals surface area contributed by atoms with Gasteiger partial charge in [0.1, 0.15) is 5.69 Å². The number of halogens is 6. The fourth-order valence-corrected chi connectivity index (χ4v) is 1.85. The van der Waals surface area contributed by atoms with E-state index in [1.807, 2.05) is 0 Å². The van der Waals surface area contributed by atoms with Crippen molar-refractivity contribution in [3.63, 3.8) is 0 Å². The van der Waals surface area contributed by atoms with E-state index in [0.29, 0.717) is 18.4 Å². The molecule has 0 aliphatic rings. The Balaban J connectivity index is 2.67. The number of aldehydes is 1. The van der Waals surface area contributed by atoms with Gasteiger partial charge in [0.2, 0.25) is 0 Å². The van der Waals surface area contributed by atoms with Crippen LogP contribution in [-0.4, -0.2) is 11.3 Å². The second-order valence-corrected chi connectivity index (χ2v) is 4.32. The maximum Gasteiger partial charge on any atom is 0.417 e. The van der Waals surface area contributed by atoms with E-state index in [1.54, 1.807) is 0 Å². The van der Waals surface area contributed by atoms with Crippen LogP contribution in [0.4, 0.5) is 26.3 Å². The molecule has 1 aromatic heterocycles. The van der Waals surface area contributed by atoms with Gasteiger partial charge in [-0.25, -0.2) is 4.98 Å². The monoisotopic (exact) mass is 319 g/mol. The fourth-order valence-electron chi connectivity index (χ4n) is 1.85. The topological polar surface area (TPSA) is 30.0 Å². The molecule has 0 spiro atoms. The summed E-state index contributed by atoms with van der Waals surface area (Å²) in [6, 6.07) is 5.02. The molecule has 116 valence electrons. The van der Waals surface area contributed by atoms with Crippen LogP contribution in [0, 0.1) is 0 Å². The second kappa shape index (κ2) is 5.43. The lowest BCUT2D eigenvalue weighted by molar-refractivity contribution is -0.142. The number of alkyl halides is 6. The summed E-state index contributed by atoms with van der Waals surface area (Å²) >= 11 is 0. The average molecular weight is 319 g/mol. The average Bonchev–Trinajstić information content (AvgIpc) is 2.45. The van der Waals surface area contributed by atoms with E-state index in [0.717, 1.165) is 0 Å². The molecule has 0 saturated heterocycles. The number of benzene rings is 1. The van der Waals surface area contributed by atoms with Crippen molar-refractivity contribution >= 4 is 6.29 Å². The molecule has 1 heterocycles. The Hall–Kier alpha value is -2.38. The Morgan fingerprint density at radius 1 is 0.909 bits per heavy atom. The molecular weight excluding hydrogens is 312 g/mol. The fraction of sp³-hybridized carbons (Fsp3) is 0.143. The zero-order chi connectivity index (χ0) is 16.5. The number of hydrogen-bond acceptors (Lipinski definition) is 2. The van der Waals surface area contributed by atoms with Gasteiger partial charge in [0, 0.05) is 5.56 Å². The Morgan fingerprint density at radius 3 is 2.14 bits per heavy atom. The van der Waals surface area contributed by atoms with Gasteiger partial charge < -0.3 is 0 Å². The molecule has 0 bridgehead atoms. The summed E-state index contributed by atoms with van der Waals surface area (Å²) in [4.78, 5) is 14.3. The van der Waals surface area contributed by atoms with Gasteiger partial charge in [0.25, 0.3) is 0 Å². The van der Waals surface area contributed by atoms with E-state index in [1.165, 1.54) is 18.2 Å². The minimum Gasteiger partial charge on any atom is -0.296 e. The van der Waals surface area contributed by atoms with Crippen LogP contribution in [0.2, 0.25) is 0 Å². The smallest absolute Gasteiger partial charge is 0.296 e. The first-order valence-electron chi connectivity index (χ1n) is 5.84. The van der Waals surface area contributed by atoms with Crippen molar-refractivity contribution in [1.82, 2.24) is 4.98 Å². The Morgan fingerprint density at radius 2 is 1.59 bits per heavy atom. The van der Waals surface area contributed by atoms with Crippen LogP contribution in [0.1, 0.15) is 21.6 Å². The molecule has 0 aliphatic heterocycles. The summed E-state index contributed by atoms with van der Waals surface area (Å²) in [5.74, 6) is 0. The molecule has 22 heavy (non-hydrogen) atoms. The number of pyridine rings is 1. The summed E-state index contributed by atoms with van der Waals surface area (Å²) in [5, 5.41) is 0. The quantitative estimate of drug-likeness (QED) is 0.598. The van der Waals surface area contributed by atoms with Gasteiger partial charge in [0.15, 0.2) is 6.29 Å². The standard InChI is InChI=1S/C14H7F6NO/c15-13(16,17)8-4-5-10(11(6-8)14(18,19)20)12-3-1-2-9(7-22)21-12/h1-7H. The Kier molecular flexibility index (Phi) is 3.95. The van der Waals surface area contributed by atoms with Crippen LogP contribution < -0.4 is 0 Å². The van der Waals surface area contributed by atoms with Gasteiger partial charge in [-0.15, -0.1) is 0 Å². The lowest BCUT2D eigenvalue weighted by atomic mass is 10.00. The van der Waals surface area contributed by atoms with E-state index in [4.69, 9.17) is 0 Å². The number of rotatable bonds is 2.